The lowest BCUT2D eigenvalue weighted by Crippen LogP contribution is -2.27. The fourth-order valence-electron chi connectivity index (χ4n) is 0.687. The number of hydrogen-bond acceptors (Lipinski definition) is 2. The zero-order valence-corrected chi connectivity index (χ0v) is 10.5. The van der Waals surface area contributed by atoms with Gasteiger partial charge >= 0.3 is 1.43 Å². The van der Waals surface area contributed by atoms with Crippen LogP contribution < -0.4 is 10.6 Å². The predicted octanol–water partition coefficient (Wildman–Crippen LogP) is 1.51. The number of carbonyl (C=O) groups excluding carboxylic acids is 2. The Kier molecular flexibility index (Phi) is 10.5. The lowest BCUT2D eigenvalue weighted by molar-refractivity contribution is -0.117. The monoisotopic (exact) mass is 227 g/mol. The van der Waals surface area contributed by atoms with E-state index in [0.29, 0.717) is 0 Å². The van der Waals surface area contributed by atoms with Crippen molar-refractivity contribution >= 4 is 11.8 Å². The highest BCUT2D eigenvalue weighted by atomic mass is 16.2. The van der Waals surface area contributed by atoms with Gasteiger partial charge in [0.2, 0.25) is 11.8 Å². The molecule has 0 atom stereocenters. The van der Waals surface area contributed by atoms with Crippen molar-refractivity contribution in [1.82, 2.24) is 10.6 Å². The molecule has 0 spiro atoms. The van der Waals surface area contributed by atoms with Crippen LogP contribution in [0.4, 0.5) is 0 Å². The normalized spacial score (nSPS) is 8.88. The summed E-state index contributed by atoms with van der Waals surface area (Å²) in [6.07, 6.45) is 2.53. The molecule has 2 N–H and O–H groups in total. The Morgan fingerprint density at radius 3 is 1.25 bits per heavy atom. The van der Waals surface area contributed by atoms with Crippen molar-refractivity contribution in [3.8, 4) is 0 Å². The number of nitrogens with one attached hydrogen (secondary N) is 2. The summed E-state index contributed by atoms with van der Waals surface area (Å²) in [4.78, 5) is 20.8. The topological polar surface area (TPSA) is 58.2 Å². The van der Waals surface area contributed by atoms with Crippen LogP contribution >= 0.6 is 0 Å². The lowest BCUT2D eigenvalue weighted by atomic mass is 10.4. The Balaban J connectivity index is -0.000000218. The quantitative estimate of drug-likeness (QED) is 0.715. The number of amides is 2. The summed E-state index contributed by atoms with van der Waals surface area (Å²) in [7, 11) is 0. The first-order chi connectivity index (χ1) is 7.33. The third-order valence-corrected chi connectivity index (χ3v) is 1.23. The minimum atomic E-state index is -0.111. The molecule has 0 aliphatic carbocycles. The molecule has 0 bridgehead atoms. The molecule has 0 unspecified atom stereocenters. The Labute approximate surface area is 99.3 Å². The van der Waals surface area contributed by atoms with Gasteiger partial charge in [0.1, 0.15) is 0 Å². The van der Waals surface area contributed by atoms with Crippen molar-refractivity contribution in [2.75, 3.05) is 0 Å². The summed E-state index contributed by atoms with van der Waals surface area (Å²) in [6.45, 7) is 14.2. The van der Waals surface area contributed by atoms with Crippen molar-refractivity contribution in [3.05, 3.63) is 25.3 Å². The maximum Gasteiger partial charge on any atom is 1.00 e. The first kappa shape index (κ1) is 16.8. The van der Waals surface area contributed by atoms with Gasteiger partial charge in [-0.25, -0.2) is 0 Å². The van der Waals surface area contributed by atoms with Crippen molar-refractivity contribution in [2.45, 2.75) is 39.8 Å². The van der Waals surface area contributed by atoms with E-state index in [9.17, 15) is 9.59 Å². The second-order valence-corrected chi connectivity index (χ2v) is 3.73. The van der Waals surface area contributed by atoms with E-state index < -0.39 is 0 Å². The standard InChI is InChI=1S/2C6H11NO/c2*1-4-6(8)7-5(2)3/h2*4-5H,1H2,2-3H3,(H,7,8)/p+1. The minimum Gasteiger partial charge on any atom is -0.350 e. The van der Waals surface area contributed by atoms with Crippen LogP contribution in [0.15, 0.2) is 25.3 Å². The molecular weight excluding hydrogens is 204 g/mol. The summed E-state index contributed by atoms with van der Waals surface area (Å²) in [6, 6.07) is 0.418. The molecule has 92 valence electrons. The molecule has 0 aliphatic rings. The molecule has 4 heteroatoms. The summed E-state index contributed by atoms with van der Waals surface area (Å²) in [5.41, 5.74) is 0. The van der Waals surface area contributed by atoms with Crippen LogP contribution in [0, 0.1) is 0 Å². The molecule has 0 saturated heterocycles. The summed E-state index contributed by atoms with van der Waals surface area (Å²) >= 11 is 0. The van der Waals surface area contributed by atoms with Gasteiger partial charge in [0.25, 0.3) is 0 Å². The molecule has 16 heavy (non-hydrogen) atoms. The van der Waals surface area contributed by atoms with Gasteiger partial charge in [0, 0.05) is 12.1 Å². The average molecular weight is 227 g/mol. The van der Waals surface area contributed by atoms with Crippen LogP contribution in [0.3, 0.4) is 0 Å². The number of hydrogen-bond donors (Lipinski definition) is 2. The largest absolute Gasteiger partial charge is 1.00 e. The summed E-state index contributed by atoms with van der Waals surface area (Å²) in [5, 5.41) is 5.27. The van der Waals surface area contributed by atoms with Gasteiger partial charge < -0.3 is 10.6 Å². The van der Waals surface area contributed by atoms with E-state index in [4.69, 9.17) is 0 Å². The van der Waals surface area contributed by atoms with Crippen molar-refractivity contribution < 1.29 is 11.0 Å². The van der Waals surface area contributed by atoms with Crippen LogP contribution in [0.2, 0.25) is 0 Å². The fourth-order valence-corrected chi connectivity index (χ4v) is 0.687. The first-order valence-corrected chi connectivity index (χ1v) is 5.19. The Morgan fingerprint density at radius 1 is 0.938 bits per heavy atom. The van der Waals surface area contributed by atoms with Crippen molar-refractivity contribution in [3.63, 3.8) is 0 Å². The molecule has 0 aromatic carbocycles. The maximum absolute atomic E-state index is 10.4. The molecule has 0 rings (SSSR count). The smallest absolute Gasteiger partial charge is 0.350 e. The number of rotatable bonds is 4. The zero-order chi connectivity index (χ0) is 13.1. The van der Waals surface area contributed by atoms with Gasteiger partial charge in [-0.15, -0.1) is 0 Å². The van der Waals surface area contributed by atoms with E-state index >= 15 is 0 Å². The molecule has 0 fully saturated rings. The van der Waals surface area contributed by atoms with Crippen LogP contribution in [0.25, 0.3) is 0 Å². The van der Waals surface area contributed by atoms with Gasteiger partial charge in [-0.3, -0.25) is 9.59 Å². The lowest BCUT2D eigenvalue weighted by Gasteiger charge is -2.02. The predicted molar refractivity (Wildman–Crippen MR) is 68.1 cm³/mol. The molecule has 0 heterocycles. The van der Waals surface area contributed by atoms with Crippen molar-refractivity contribution in [1.29, 1.82) is 0 Å². The van der Waals surface area contributed by atoms with Gasteiger partial charge in [0.15, 0.2) is 0 Å². The van der Waals surface area contributed by atoms with Crippen LogP contribution in [-0.4, -0.2) is 23.9 Å². The first-order valence-electron chi connectivity index (χ1n) is 5.19. The van der Waals surface area contributed by atoms with Gasteiger partial charge in [-0.1, -0.05) is 13.2 Å². The molecule has 0 saturated carbocycles. The van der Waals surface area contributed by atoms with Crippen LogP contribution in [0.5, 0.6) is 0 Å². The van der Waals surface area contributed by atoms with Crippen LogP contribution in [0.1, 0.15) is 29.1 Å². The SMILES string of the molecule is C=CC(=O)NC(C)C.C=CC(=O)NC(C)C.[H+]. The highest BCUT2D eigenvalue weighted by Gasteiger charge is 1.94. The third-order valence-electron chi connectivity index (χ3n) is 1.23. The Morgan fingerprint density at radius 2 is 1.19 bits per heavy atom. The molecule has 0 aromatic heterocycles. The average Bonchev–Trinajstić information content (AvgIpc) is 2.16. The minimum absolute atomic E-state index is 0. The molecule has 0 aromatic rings. The van der Waals surface area contributed by atoms with Gasteiger partial charge in [0.05, 0.1) is 0 Å². The van der Waals surface area contributed by atoms with Gasteiger partial charge in [-0.2, -0.15) is 0 Å². The van der Waals surface area contributed by atoms with E-state index in [1.165, 1.54) is 12.2 Å². The van der Waals surface area contributed by atoms with Crippen molar-refractivity contribution in [2.24, 2.45) is 0 Å². The highest BCUT2D eigenvalue weighted by Crippen LogP contribution is 1.76. The molecule has 0 radical (unpaired) electrons. The van der Waals surface area contributed by atoms with E-state index in [0.717, 1.165) is 0 Å². The van der Waals surface area contributed by atoms with Gasteiger partial charge in [-0.05, 0) is 39.8 Å². The fraction of sp³-hybridized carbons (Fsp3) is 0.500. The van der Waals surface area contributed by atoms with E-state index in [1.807, 2.05) is 27.7 Å². The van der Waals surface area contributed by atoms with Crippen LogP contribution in [-0.2, 0) is 9.59 Å². The Hall–Kier alpha value is -1.58. The highest BCUT2D eigenvalue weighted by molar-refractivity contribution is 5.87. The maximum atomic E-state index is 10.4. The van der Waals surface area contributed by atoms with E-state index in [2.05, 4.69) is 23.8 Å². The molecule has 4 nitrogen and oxygen atoms in total. The summed E-state index contributed by atoms with van der Waals surface area (Å²) in [5.74, 6) is -0.222. The van der Waals surface area contributed by atoms with E-state index in [-0.39, 0.29) is 25.3 Å². The summed E-state index contributed by atoms with van der Waals surface area (Å²) < 4.78 is 0. The van der Waals surface area contributed by atoms with E-state index in [1.54, 1.807) is 0 Å². The second kappa shape index (κ2) is 9.96. The molecule has 0 aliphatic heterocycles. The molecular formula is C12H23N2O2+. The zero-order valence-electron chi connectivity index (χ0n) is 11.5. The molecule has 2 amide bonds. The third kappa shape index (κ3) is 14.9. The second-order valence-electron chi connectivity index (χ2n) is 3.73. The Bertz CT molecular complexity index is 225. The number of carbonyl (C=O) groups is 2.